The zero-order chi connectivity index (χ0) is 26.0. The van der Waals surface area contributed by atoms with Crippen LogP contribution in [0.15, 0.2) is 29.6 Å². The van der Waals surface area contributed by atoms with Crippen molar-refractivity contribution in [3.63, 3.8) is 0 Å². The van der Waals surface area contributed by atoms with E-state index in [1.807, 2.05) is 0 Å². The zero-order valence-electron chi connectivity index (χ0n) is 18.5. The Morgan fingerprint density at radius 3 is 2.58 bits per heavy atom. The lowest BCUT2D eigenvalue weighted by molar-refractivity contribution is 0.0657. The minimum Gasteiger partial charge on any atom is -0.493 e. The number of methoxy groups -OCH3 is 1. The third-order valence-corrected chi connectivity index (χ3v) is 6.54. The summed E-state index contributed by atoms with van der Waals surface area (Å²) in [6, 6.07) is 4.72. The lowest BCUT2D eigenvalue weighted by atomic mass is 10.1. The number of nitrogens with one attached hydrogen (secondary N) is 2. The molecule has 36 heavy (non-hydrogen) atoms. The summed E-state index contributed by atoms with van der Waals surface area (Å²) >= 11 is 6.84. The van der Waals surface area contributed by atoms with Crippen molar-refractivity contribution in [1.29, 1.82) is 0 Å². The Morgan fingerprint density at radius 1 is 1.14 bits per heavy atom. The van der Waals surface area contributed by atoms with Crippen molar-refractivity contribution in [1.82, 2.24) is 0 Å². The number of halogens is 2. The summed E-state index contributed by atoms with van der Waals surface area (Å²) in [7, 11) is 1.33. The van der Waals surface area contributed by atoms with Gasteiger partial charge in [0, 0.05) is 40.1 Å². The molecule has 0 aliphatic carbocycles. The second-order valence-electron chi connectivity index (χ2n) is 7.43. The van der Waals surface area contributed by atoms with Crippen LogP contribution in [-0.4, -0.2) is 41.9 Å². The van der Waals surface area contributed by atoms with Crippen molar-refractivity contribution in [3.8, 4) is 17.2 Å². The largest absolute Gasteiger partial charge is 0.493 e. The number of fused-ring (bicyclic) bond motifs is 1. The van der Waals surface area contributed by atoms with E-state index in [2.05, 4.69) is 10.6 Å². The molecule has 1 aliphatic rings. The van der Waals surface area contributed by atoms with E-state index in [4.69, 9.17) is 30.9 Å². The minimum absolute atomic E-state index is 0.0436. The Balaban J connectivity index is 1.53. The molecule has 13 heteroatoms. The maximum atomic E-state index is 14.6. The summed E-state index contributed by atoms with van der Waals surface area (Å²) in [6.07, 6.45) is 0.673. The molecule has 0 spiro atoms. The van der Waals surface area contributed by atoms with Crippen LogP contribution in [0.2, 0.25) is 5.02 Å². The third-order valence-electron chi connectivity index (χ3n) is 5.22. The normalized spacial score (nSPS) is 11.9. The first-order valence-electron chi connectivity index (χ1n) is 10.3. The zero-order valence-corrected chi connectivity index (χ0v) is 20.1. The van der Waals surface area contributed by atoms with Crippen LogP contribution in [0.1, 0.15) is 31.2 Å². The number of hydrogen-bond donors (Lipinski definition) is 4. The standard InChI is InChI=1S/C23H18ClFN2O8S/c1-33-16-6-13(25)14(26-23(32)27-15-9-36-20(22(30)31)18(15)21(28)29)7-17(16)35-8-10-2-3-12(24)11-4-5-34-19(10)11/h2-3,6-7,9H,4-5,8H2,1H3,(H,28,29)(H,30,31)(H2,26,27,32). The van der Waals surface area contributed by atoms with Crippen LogP contribution < -0.4 is 24.8 Å². The molecule has 4 rings (SSSR count). The predicted octanol–water partition coefficient (Wildman–Crippen LogP) is 5.10. The molecule has 4 N–H and O–H groups in total. The number of carbonyl (C=O) groups is 3. The molecule has 10 nitrogen and oxygen atoms in total. The van der Waals surface area contributed by atoms with E-state index in [9.17, 15) is 23.9 Å². The Labute approximate surface area is 212 Å². The summed E-state index contributed by atoms with van der Waals surface area (Å²) in [4.78, 5) is 34.7. The highest BCUT2D eigenvalue weighted by Crippen LogP contribution is 2.38. The molecular weight excluding hydrogens is 519 g/mol. The number of rotatable bonds is 8. The van der Waals surface area contributed by atoms with Crippen molar-refractivity contribution in [3.05, 3.63) is 62.1 Å². The lowest BCUT2D eigenvalue weighted by Gasteiger charge is -2.15. The van der Waals surface area contributed by atoms with Gasteiger partial charge in [0.1, 0.15) is 22.8 Å². The van der Waals surface area contributed by atoms with Gasteiger partial charge in [-0.2, -0.15) is 0 Å². The number of carboxylic acid groups (broad SMARTS) is 2. The average molecular weight is 537 g/mol. The van der Waals surface area contributed by atoms with Gasteiger partial charge in [-0.25, -0.2) is 18.8 Å². The van der Waals surface area contributed by atoms with Crippen molar-refractivity contribution in [2.45, 2.75) is 13.0 Å². The van der Waals surface area contributed by atoms with Gasteiger partial charge in [0.15, 0.2) is 17.3 Å². The number of carboxylic acids is 2. The van der Waals surface area contributed by atoms with Crippen molar-refractivity contribution >= 4 is 52.3 Å². The molecular formula is C23H18ClFN2O8S. The number of thiophene rings is 1. The number of benzene rings is 2. The second kappa shape index (κ2) is 10.3. The number of ether oxygens (including phenoxy) is 3. The Bertz CT molecular complexity index is 1380. The van der Waals surface area contributed by atoms with Gasteiger partial charge < -0.3 is 35.1 Å². The predicted molar refractivity (Wildman–Crippen MR) is 129 cm³/mol. The van der Waals surface area contributed by atoms with Gasteiger partial charge in [0.25, 0.3) is 0 Å². The maximum Gasteiger partial charge on any atom is 0.346 e. The molecule has 3 aromatic rings. The fourth-order valence-corrected chi connectivity index (χ4v) is 4.66. The maximum absolute atomic E-state index is 14.6. The first-order valence-corrected chi connectivity index (χ1v) is 11.5. The van der Waals surface area contributed by atoms with E-state index in [1.165, 1.54) is 13.2 Å². The minimum atomic E-state index is -1.53. The molecule has 0 saturated carbocycles. The molecule has 0 unspecified atom stereocenters. The van der Waals surface area contributed by atoms with E-state index in [-0.39, 0.29) is 29.5 Å². The van der Waals surface area contributed by atoms with Crippen LogP contribution in [0.25, 0.3) is 0 Å². The highest BCUT2D eigenvalue weighted by molar-refractivity contribution is 7.13. The first kappa shape index (κ1) is 25.1. The van der Waals surface area contributed by atoms with Gasteiger partial charge in [-0.3, -0.25) is 0 Å². The molecule has 0 fully saturated rings. The summed E-state index contributed by atoms with van der Waals surface area (Å²) in [6.45, 7) is 0.540. The van der Waals surface area contributed by atoms with Gasteiger partial charge in [-0.05, 0) is 6.07 Å². The highest BCUT2D eigenvalue weighted by Gasteiger charge is 2.25. The van der Waals surface area contributed by atoms with Gasteiger partial charge in [-0.15, -0.1) is 11.3 Å². The number of aromatic carboxylic acids is 2. The lowest BCUT2D eigenvalue weighted by Crippen LogP contribution is -2.21. The fraction of sp³-hybridized carbons (Fsp3) is 0.174. The smallest absolute Gasteiger partial charge is 0.346 e. The van der Waals surface area contributed by atoms with Crippen molar-refractivity contribution in [2.24, 2.45) is 0 Å². The fourth-order valence-electron chi connectivity index (χ4n) is 3.59. The molecule has 2 amide bonds. The molecule has 2 heterocycles. The topological polar surface area (TPSA) is 143 Å². The van der Waals surface area contributed by atoms with Crippen molar-refractivity contribution in [2.75, 3.05) is 24.4 Å². The second-order valence-corrected chi connectivity index (χ2v) is 8.71. The van der Waals surface area contributed by atoms with Crippen LogP contribution in [0.5, 0.6) is 17.2 Å². The average Bonchev–Trinajstić information content (AvgIpc) is 3.48. The summed E-state index contributed by atoms with van der Waals surface area (Å²) < 4.78 is 31.3. The molecule has 0 atom stereocenters. The van der Waals surface area contributed by atoms with E-state index < -0.39 is 34.2 Å². The molecule has 0 bridgehead atoms. The number of hydrogen-bond acceptors (Lipinski definition) is 7. The van der Waals surface area contributed by atoms with Gasteiger partial charge >= 0.3 is 18.0 Å². The first-order chi connectivity index (χ1) is 17.2. The van der Waals surface area contributed by atoms with E-state index in [1.54, 1.807) is 12.1 Å². The Hall–Kier alpha value is -4.03. The number of urea groups is 1. The van der Waals surface area contributed by atoms with E-state index in [0.29, 0.717) is 35.1 Å². The summed E-state index contributed by atoms with van der Waals surface area (Å²) in [5, 5.41) is 24.7. The van der Waals surface area contributed by atoms with Crippen LogP contribution in [0.4, 0.5) is 20.6 Å². The van der Waals surface area contributed by atoms with E-state index >= 15 is 0 Å². The Morgan fingerprint density at radius 2 is 1.89 bits per heavy atom. The number of anilines is 2. The highest BCUT2D eigenvalue weighted by atomic mass is 35.5. The van der Waals surface area contributed by atoms with Gasteiger partial charge in [-0.1, -0.05) is 17.7 Å². The van der Waals surface area contributed by atoms with Gasteiger partial charge in [0.05, 0.1) is 25.1 Å². The quantitative estimate of drug-likeness (QED) is 0.311. The molecule has 0 saturated heterocycles. The van der Waals surface area contributed by atoms with E-state index in [0.717, 1.165) is 22.6 Å². The van der Waals surface area contributed by atoms with Crippen LogP contribution >= 0.6 is 22.9 Å². The molecule has 2 aromatic carbocycles. The SMILES string of the molecule is COc1cc(F)c(NC(=O)Nc2csc(C(=O)O)c2C(=O)O)cc1OCc1ccc(Cl)c2c1OCC2. The van der Waals surface area contributed by atoms with Gasteiger partial charge in [0.2, 0.25) is 0 Å². The van der Waals surface area contributed by atoms with Crippen LogP contribution in [0, 0.1) is 5.82 Å². The van der Waals surface area contributed by atoms with Crippen molar-refractivity contribution < 1.29 is 43.2 Å². The third kappa shape index (κ3) is 4.99. The number of amides is 2. The summed E-state index contributed by atoms with van der Waals surface area (Å²) in [5.41, 5.74) is 0.483. The monoisotopic (exact) mass is 536 g/mol. The van der Waals surface area contributed by atoms with Crippen LogP contribution in [0.3, 0.4) is 0 Å². The summed E-state index contributed by atoms with van der Waals surface area (Å²) in [5.74, 6) is -3.02. The number of carbonyl (C=O) groups excluding carboxylic acids is 1. The molecule has 1 aliphatic heterocycles. The molecule has 1 aromatic heterocycles. The van der Waals surface area contributed by atoms with Crippen LogP contribution in [-0.2, 0) is 13.0 Å². The Kier molecular flexibility index (Phi) is 7.17. The molecule has 0 radical (unpaired) electrons. The molecule has 188 valence electrons.